The highest BCUT2D eigenvalue weighted by molar-refractivity contribution is 14.1. The Kier molecular flexibility index (Phi) is 4.08. The van der Waals surface area contributed by atoms with E-state index in [2.05, 4.69) is 4.98 Å². The van der Waals surface area contributed by atoms with Crippen molar-refractivity contribution in [3.8, 4) is 0 Å². The molecular weight excluding hydrogens is 360 g/mol. The standard InChI is InChI=1S/C7H2ClF2IN2O3/c8-6(14)4-5(13(15)16)3(11)2(1-12-4)7(9)10/h1,7H. The summed E-state index contributed by atoms with van der Waals surface area (Å²) >= 11 is 6.42. The van der Waals surface area contributed by atoms with Gasteiger partial charge in [-0.3, -0.25) is 14.9 Å². The van der Waals surface area contributed by atoms with Crippen LogP contribution in [-0.4, -0.2) is 15.1 Å². The molecule has 1 rings (SSSR count). The lowest BCUT2D eigenvalue weighted by molar-refractivity contribution is -0.386. The fraction of sp³-hybridized carbons (Fsp3) is 0.143. The number of rotatable bonds is 3. The monoisotopic (exact) mass is 362 g/mol. The van der Waals surface area contributed by atoms with Gasteiger partial charge >= 0.3 is 5.69 Å². The van der Waals surface area contributed by atoms with Crippen molar-refractivity contribution in [1.29, 1.82) is 0 Å². The Balaban J connectivity index is 3.54. The number of carbonyl (C=O) groups is 1. The third kappa shape index (κ3) is 2.43. The van der Waals surface area contributed by atoms with E-state index in [0.29, 0.717) is 6.20 Å². The summed E-state index contributed by atoms with van der Waals surface area (Å²) in [7, 11) is 0. The van der Waals surface area contributed by atoms with Crippen molar-refractivity contribution in [1.82, 2.24) is 4.98 Å². The van der Waals surface area contributed by atoms with Gasteiger partial charge in [-0.1, -0.05) is 0 Å². The minimum absolute atomic E-state index is 0.336. The molecule has 0 saturated carbocycles. The predicted octanol–water partition coefficient (Wildman–Crippen LogP) is 2.91. The number of alkyl halides is 2. The summed E-state index contributed by atoms with van der Waals surface area (Å²) in [5, 5.41) is 9.47. The largest absolute Gasteiger partial charge is 0.313 e. The van der Waals surface area contributed by atoms with E-state index >= 15 is 0 Å². The van der Waals surface area contributed by atoms with Gasteiger partial charge in [-0.05, 0) is 34.2 Å². The molecule has 0 bridgehead atoms. The van der Waals surface area contributed by atoms with Crippen LogP contribution < -0.4 is 0 Å². The first kappa shape index (κ1) is 13.2. The predicted molar refractivity (Wildman–Crippen MR) is 58.7 cm³/mol. The lowest BCUT2D eigenvalue weighted by Crippen LogP contribution is -2.06. The average molecular weight is 362 g/mol. The molecule has 9 heteroatoms. The molecule has 0 aromatic carbocycles. The molecule has 86 valence electrons. The Labute approximate surface area is 106 Å². The Morgan fingerprint density at radius 2 is 2.19 bits per heavy atom. The van der Waals surface area contributed by atoms with Gasteiger partial charge in [0.15, 0.2) is 0 Å². The van der Waals surface area contributed by atoms with Gasteiger partial charge in [-0.2, -0.15) is 0 Å². The van der Waals surface area contributed by atoms with Crippen LogP contribution >= 0.6 is 34.2 Å². The van der Waals surface area contributed by atoms with Gasteiger partial charge in [0.25, 0.3) is 11.7 Å². The van der Waals surface area contributed by atoms with Crippen LogP contribution in [0, 0.1) is 13.7 Å². The van der Waals surface area contributed by atoms with E-state index in [9.17, 15) is 23.7 Å². The quantitative estimate of drug-likeness (QED) is 0.359. The minimum Gasteiger partial charge on any atom is -0.274 e. The molecule has 0 radical (unpaired) electrons. The number of hydrogen-bond acceptors (Lipinski definition) is 4. The maximum absolute atomic E-state index is 12.4. The SMILES string of the molecule is O=C(Cl)c1ncc(C(F)F)c(I)c1[N+](=O)[O-]. The van der Waals surface area contributed by atoms with Crippen LogP contribution in [0.15, 0.2) is 6.20 Å². The third-order valence-electron chi connectivity index (χ3n) is 1.62. The van der Waals surface area contributed by atoms with Crippen LogP contribution in [0.1, 0.15) is 22.5 Å². The zero-order valence-corrected chi connectivity index (χ0v) is 10.2. The molecule has 1 aromatic rings. The van der Waals surface area contributed by atoms with E-state index in [0.717, 1.165) is 0 Å². The van der Waals surface area contributed by atoms with E-state index in [1.165, 1.54) is 22.6 Å². The maximum Gasteiger partial charge on any atom is 0.313 e. The fourth-order valence-electron chi connectivity index (χ4n) is 0.955. The molecule has 0 saturated heterocycles. The van der Waals surface area contributed by atoms with Crippen LogP contribution in [0.25, 0.3) is 0 Å². The Morgan fingerprint density at radius 1 is 1.62 bits per heavy atom. The molecule has 0 fully saturated rings. The summed E-state index contributed by atoms with van der Waals surface area (Å²) in [4.78, 5) is 23.8. The zero-order chi connectivity index (χ0) is 12.5. The molecule has 0 N–H and O–H groups in total. The first-order chi connectivity index (χ1) is 7.36. The van der Waals surface area contributed by atoms with E-state index in [1.807, 2.05) is 0 Å². The lowest BCUT2D eigenvalue weighted by Gasteiger charge is -2.05. The molecule has 0 aliphatic carbocycles. The highest BCUT2D eigenvalue weighted by Crippen LogP contribution is 2.32. The molecule has 0 aliphatic rings. The molecule has 5 nitrogen and oxygen atoms in total. The smallest absolute Gasteiger partial charge is 0.274 e. The third-order valence-corrected chi connectivity index (χ3v) is 2.93. The van der Waals surface area contributed by atoms with Gasteiger partial charge in [0, 0.05) is 6.20 Å². The number of aromatic nitrogens is 1. The van der Waals surface area contributed by atoms with Crippen molar-refractivity contribution in [2.75, 3.05) is 0 Å². The minimum atomic E-state index is -2.91. The molecule has 0 atom stereocenters. The molecule has 0 amide bonds. The van der Waals surface area contributed by atoms with Gasteiger partial charge < -0.3 is 0 Å². The van der Waals surface area contributed by atoms with Gasteiger partial charge in [0.2, 0.25) is 5.69 Å². The first-order valence-corrected chi connectivity index (χ1v) is 5.12. The molecule has 1 heterocycles. The topological polar surface area (TPSA) is 73.1 Å². The number of pyridine rings is 1. The lowest BCUT2D eigenvalue weighted by atomic mass is 10.2. The van der Waals surface area contributed by atoms with Crippen molar-refractivity contribution < 1.29 is 18.5 Å². The Morgan fingerprint density at radius 3 is 2.56 bits per heavy atom. The summed E-state index contributed by atoms with van der Waals surface area (Å²) in [5.41, 5.74) is -2.03. The van der Waals surface area contributed by atoms with Gasteiger partial charge in [-0.25, -0.2) is 13.8 Å². The van der Waals surface area contributed by atoms with Crippen molar-refractivity contribution in [2.45, 2.75) is 6.43 Å². The Bertz CT molecular complexity index is 469. The van der Waals surface area contributed by atoms with Crippen molar-refractivity contribution >= 4 is 45.1 Å². The molecule has 0 unspecified atom stereocenters. The van der Waals surface area contributed by atoms with Gasteiger partial charge in [0.1, 0.15) is 3.57 Å². The van der Waals surface area contributed by atoms with Crippen LogP contribution in [0.5, 0.6) is 0 Å². The second kappa shape index (κ2) is 4.95. The van der Waals surface area contributed by atoms with Crippen LogP contribution in [0.4, 0.5) is 14.5 Å². The summed E-state index contributed by atoms with van der Waals surface area (Å²) < 4.78 is 24.5. The summed E-state index contributed by atoms with van der Waals surface area (Å²) in [6, 6.07) is 0. The number of carbonyl (C=O) groups excluding carboxylic acids is 1. The summed E-state index contributed by atoms with van der Waals surface area (Å²) in [6.07, 6.45) is -2.20. The highest BCUT2D eigenvalue weighted by atomic mass is 127. The van der Waals surface area contributed by atoms with E-state index in [-0.39, 0.29) is 3.57 Å². The van der Waals surface area contributed by atoms with Crippen LogP contribution in [-0.2, 0) is 0 Å². The molecular formula is C7H2ClF2IN2O3. The first-order valence-electron chi connectivity index (χ1n) is 3.67. The number of nitro groups is 1. The average Bonchev–Trinajstić information content (AvgIpc) is 2.15. The van der Waals surface area contributed by atoms with Crippen LogP contribution in [0.2, 0.25) is 0 Å². The van der Waals surface area contributed by atoms with Crippen molar-refractivity contribution in [2.24, 2.45) is 0 Å². The second-order valence-electron chi connectivity index (χ2n) is 2.56. The Hall–Kier alpha value is -0.900. The van der Waals surface area contributed by atoms with E-state index in [4.69, 9.17) is 11.6 Å². The van der Waals surface area contributed by atoms with Crippen LogP contribution in [0.3, 0.4) is 0 Å². The second-order valence-corrected chi connectivity index (χ2v) is 3.98. The van der Waals surface area contributed by atoms with E-state index < -0.39 is 33.5 Å². The highest BCUT2D eigenvalue weighted by Gasteiger charge is 2.29. The normalized spacial score (nSPS) is 10.6. The molecule has 1 aromatic heterocycles. The summed E-state index contributed by atoms with van der Waals surface area (Å²) in [6.45, 7) is 0. The van der Waals surface area contributed by atoms with Crippen molar-refractivity contribution in [3.05, 3.63) is 31.1 Å². The molecule has 16 heavy (non-hydrogen) atoms. The summed E-state index contributed by atoms with van der Waals surface area (Å²) in [5.74, 6) is 0. The number of halogens is 4. The number of hydrogen-bond donors (Lipinski definition) is 0. The van der Waals surface area contributed by atoms with E-state index in [1.54, 1.807) is 0 Å². The van der Waals surface area contributed by atoms with Gasteiger partial charge in [0.05, 0.1) is 10.5 Å². The molecule has 0 aliphatic heterocycles. The van der Waals surface area contributed by atoms with Gasteiger partial charge in [-0.15, -0.1) is 0 Å². The number of nitrogens with zero attached hydrogens (tertiary/aromatic N) is 2. The molecule has 0 spiro atoms. The zero-order valence-electron chi connectivity index (χ0n) is 7.29. The fourth-order valence-corrected chi connectivity index (χ4v) is 1.92. The van der Waals surface area contributed by atoms with Crippen molar-refractivity contribution in [3.63, 3.8) is 0 Å². The maximum atomic E-state index is 12.4.